The topological polar surface area (TPSA) is 47.8 Å². The van der Waals surface area contributed by atoms with E-state index < -0.39 is 0 Å². The van der Waals surface area contributed by atoms with Crippen molar-refractivity contribution >= 4 is 11.0 Å². The zero-order valence-corrected chi connectivity index (χ0v) is 9.94. The second kappa shape index (κ2) is 3.95. The van der Waals surface area contributed by atoms with Crippen LogP contribution in [0.1, 0.15) is 30.8 Å². The molecule has 3 rings (SSSR count). The van der Waals surface area contributed by atoms with Gasteiger partial charge >= 0.3 is 0 Å². The summed E-state index contributed by atoms with van der Waals surface area (Å²) in [5.74, 6) is 0.901. The molecule has 0 amide bonds. The van der Waals surface area contributed by atoms with Gasteiger partial charge in [-0.2, -0.15) is 0 Å². The smallest absolute Gasteiger partial charge is 0.263 e. The van der Waals surface area contributed by atoms with Gasteiger partial charge in [-0.25, -0.2) is 9.97 Å². The first-order chi connectivity index (χ1) is 8.25. The van der Waals surface area contributed by atoms with Gasteiger partial charge in [-0.3, -0.25) is 9.36 Å². The minimum absolute atomic E-state index is 0.0689. The predicted octanol–water partition coefficient (Wildman–Crippen LogP) is 1.83. The van der Waals surface area contributed by atoms with E-state index in [0.29, 0.717) is 11.0 Å². The summed E-state index contributed by atoms with van der Waals surface area (Å²) in [7, 11) is 0. The Kier molecular flexibility index (Phi) is 2.42. The van der Waals surface area contributed by atoms with E-state index in [-0.39, 0.29) is 5.56 Å². The molecule has 4 nitrogen and oxygen atoms in total. The van der Waals surface area contributed by atoms with Crippen LogP contribution in [0, 0.1) is 6.92 Å². The van der Waals surface area contributed by atoms with Crippen molar-refractivity contribution in [2.24, 2.45) is 0 Å². The third-order valence-corrected chi connectivity index (χ3v) is 3.32. The Morgan fingerprint density at radius 1 is 1.18 bits per heavy atom. The molecule has 0 atom stereocenters. The lowest BCUT2D eigenvalue weighted by Gasteiger charge is -2.09. The fraction of sp³-hybridized carbons (Fsp3) is 0.462. The molecule has 0 spiro atoms. The van der Waals surface area contributed by atoms with E-state index in [9.17, 15) is 4.79 Å². The van der Waals surface area contributed by atoms with E-state index in [1.165, 1.54) is 6.42 Å². The van der Waals surface area contributed by atoms with E-state index in [0.717, 1.165) is 37.3 Å². The number of aromatic nitrogens is 3. The highest BCUT2D eigenvalue weighted by atomic mass is 16.1. The van der Waals surface area contributed by atoms with E-state index in [2.05, 4.69) is 9.97 Å². The molecule has 17 heavy (non-hydrogen) atoms. The summed E-state index contributed by atoms with van der Waals surface area (Å²) in [6.45, 7) is 2.72. The fourth-order valence-electron chi connectivity index (χ4n) is 2.39. The maximum Gasteiger partial charge on any atom is 0.263 e. The van der Waals surface area contributed by atoms with Gasteiger partial charge in [0.05, 0.1) is 5.39 Å². The number of pyridine rings is 1. The van der Waals surface area contributed by atoms with Crippen LogP contribution in [0.25, 0.3) is 11.0 Å². The van der Waals surface area contributed by atoms with Gasteiger partial charge in [-0.1, -0.05) is 6.42 Å². The maximum atomic E-state index is 12.3. The maximum absolute atomic E-state index is 12.3. The molecule has 88 valence electrons. The van der Waals surface area contributed by atoms with E-state index in [1.807, 2.05) is 23.6 Å². The third kappa shape index (κ3) is 1.73. The van der Waals surface area contributed by atoms with Gasteiger partial charge in [0, 0.05) is 18.7 Å². The third-order valence-electron chi connectivity index (χ3n) is 3.32. The van der Waals surface area contributed by atoms with Gasteiger partial charge in [0.1, 0.15) is 5.82 Å². The SMILES string of the molecule is Cc1ccc2c(=O)n3c(nc2n1)CCCCC3. The van der Waals surface area contributed by atoms with Crippen molar-refractivity contribution < 1.29 is 0 Å². The van der Waals surface area contributed by atoms with Crippen molar-refractivity contribution in [2.75, 3.05) is 0 Å². The summed E-state index contributed by atoms with van der Waals surface area (Å²) in [6.07, 6.45) is 4.25. The predicted molar refractivity (Wildman–Crippen MR) is 66.1 cm³/mol. The quantitative estimate of drug-likeness (QED) is 0.692. The zero-order valence-electron chi connectivity index (χ0n) is 9.94. The van der Waals surface area contributed by atoms with Crippen LogP contribution in [0.15, 0.2) is 16.9 Å². The minimum Gasteiger partial charge on any atom is -0.296 e. The second-order valence-electron chi connectivity index (χ2n) is 4.62. The molecule has 0 radical (unpaired) electrons. The van der Waals surface area contributed by atoms with Crippen molar-refractivity contribution in [3.63, 3.8) is 0 Å². The number of hydrogen-bond acceptors (Lipinski definition) is 3. The van der Waals surface area contributed by atoms with Gasteiger partial charge in [-0.05, 0) is 31.9 Å². The van der Waals surface area contributed by atoms with E-state index in [4.69, 9.17) is 0 Å². The molecule has 0 bridgehead atoms. The fourth-order valence-corrected chi connectivity index (χ4v) is 2.39. The summed E-state index contributed by atoms with van der Waals surface area (Å²) in [5, 5.41) is 0.640. The Balaban J connectivity index is 2.33. The van der Waals surface area contributed by atoms with Gasteiger partial charge in [-0.15, -0.1) is 0 Å². The molecule has 0 saturated carbocycles. The molecule has 0 fully saturated rings. The lowest BCUT2D eigenvalue weighted by atomic mass is 10.2. The number of nitrogens with zero attached hydrogens (tertiary/aromatic N) is 3. The summed E-state index contributed by atoms with van der Waals surface area (Å²) in [6, 6.07) is 3.71. The number of rotatable bonds is 0. The van der Waals surface area contributed by atoms with Crippen LogP contribution in [0.3, 0.4) is 0 Å². The standard InChI is InChI=1S/C13H15N3O/c1-9-6-7-10-12(14-9)15-11-5-3-2-4-8-16(11)13(10)17/h6-7H,2-5,8H2,1H3. The Labute approximate surface area is 99.3 Å². The van der Waals surface area contributed by atoms with Gasteiger partial charge < -0.3 is 0 Å². The van der Waals surface area contributed by atoms with Crippen molar-refractivity contribution in [2.45, 2.75) is 39.2 Å². The van der Waals surface area contributed by atoms with E-state index in [1.54, 1.807) is 0 Å². The normalized spacial score (nSPS) is 15.6. The molecule has 1 aliphatic heterocycles. The molecule has 4 heteroatoms. The van der Waals surface area contributed by atoms with Gasteiger partial charge in [0.2, 0.25) is 0 Å². The van der Waals surface area contributed by atoms with Crippen LogP contribution in [0.4, 0.5) is 0 Å². The van der Waals surface area contributed by atoms with Crippen LogP contribution in [0.2, 0.25) is 0 Å². The van der Waals surface area contributed by atoms with Crippen LogP contribution >= 0.6 is 0 Å². The Bertz CT molecular complexity index is 630. The highest BCUT2D eigenvalue weighted by Crippen LogP contribution is 2.13. The molecule has 0 aliphatic carbocycles. The van der Waals surface area contributed by atoms with Crippen molar-refractivity contribution in [3.05, 3.63) is 34.0 Å². The molecule has 2 aromatic heterocycles. The number of aryl methyl sites for hydroxylation is 2. The molecule has 0 unspecified atom stereocenters. The minimum atomic E-state index is 0.0689. The van der Waals surface area contributed by atoms with Crippen LogP contribution in [-0.4, -0.2) is 14.5 Å². The van der Waals surface area contributed by atoms with Crippen LogP contribution in [-0.2, 0) is 13.0 Å². The Morgan fingerprint density at radius 3 is 2.94 bits per heavy atom. The van der Waals surface area contributed by atoms with Crippen molar-refractivity contribution in [1.29, 1.82) is 0 Å². The molecule has 3 heterocycles. The first kappa shape index (κ1) is 10.4. The highest BCUT2D eigenvalue weighted by molar-refractivity contribution is 5.73. The molecule has 1 aliphatic rings. The van der Waals surface area contributed by atoms with Gasteiger partial charge in [0.15, 0.2) is 5.65 Å². The lowest BCUT2D eigenvalue weighted by molar-refractivity contribution is 0.613. The zero-order chi connectivity index (χ0) is 11.8. The Hall–Kier alpha value is -1.71. The summed E-state index contributed by atoms with van der Waals surface area (Å²) >= 11 is 0. The summed E-state index contributed by atoms with van der Waals surface area (Å²) < 4.78 is 1.83. The molecule has 0 aromatic carbocycles. The molecule has 0 saturated heterocycles. The lowest BCUT2D eigenvalue weighted by Crippen LogP contribution is -2.24. The molecular weight excluding hydrogens is 214 g/mol. The van der Waals surface area contributed by atoms with Crippen LogP contribution < -0.4 is 5.56 Å². The highest BCUT2D eigenvalue weighted by Gasteiger charge is 2.13. The van der Waals surface area contributed by atoms with Gasteiger partial charge in [0.25, 0.3) is 5.56 Å². The first-order valence-electron chi connectivity index (χ1n) is 6.13. The largest absolute Gasteiger partial charge is 0.296 e. The van der Waals surface area contributed by atoms with E-state index >= 15 is 0 Å². The van der Waals surface area contributed by atoms with Crippen LogP contribution in [0.5, 0.6) is 0 Å². The van der Waals surface area contributed by atoms with Crippen molar-refractivity contribution in [3.8, 4) is 0 Å². The summed E-state index contributed by atoms with van der Waals surface area (Å²) in [4.78, 5) is 21.2. The van der Waals surface area contributed by atoms with Crippen molar-refractivity contribution in [1.82, 2.24) is 14.5 Å². The average molecular weight is 229 g/mol. The average Bonchev–Trinajstić information content (AvgIpc) is 2.54. The number of fused-ring (bicyclic) bond motifs is 2. The monoisotopic (exact) mass is 229 g/mol. The molecular formula is C13H15N3O. The summed E-state index contributed by atoms with van der Waals surface area (Å²) in [5.41, 5.74) is 1.57. The molecule has 2 aromatic rings. The Morgan fingerprint density at radius 2 is 2.06 bits per heavy atom. The second-order valence-corrected chi connectivity index (χ2v) is 4.62. The number of hydrogen-bond donors (Lipinski definition) is 0. The molecule has 0 N–H and O–H groups in total. The first-order valence-corrected chi connectivity index (χ1v) is 6.13.